The lowest BCUT2D eigenvalue weighted by Crippen LogP contribution is -2.28. The normalized spacial score (nSPS) is 14.1. The smallest absolute Gasteiger partial charge is 0.278 e. The summed E-state index contributed by atoms with van der Waals surface area (Å²) in [5.74, 6) is -2.90. The third kappa shape index (κ3) is 5.00. The number of aromatic nitrogens is 4. The van der Waals surface area contributed by atoms with E-state index in [0.717, 1.165) is 6.92 Å². The van der Waals surface area contributed by atoms with Crippen LogP contribution in [0.5, 0.6) is 5.88 Å². The minimum atomic E-state index is -3.00. The molecule has 3 aromatic rings. The lowest BCUT2D eigenvalue weighted by Gasteiger charge is -2.24. The molecular weight excluding hydrogens is 450 g/mol. The van der Waals surface area contributed by atoms with Crippen molar-refractivity contribution in [1.82, 2.24) is 25.1 Å². The van der Waals surface area contributed by atoms with E-state index >= 15 is 0 Å². The van der Waals surface area contributed by atoms with Gasteiger partial charge in [0.15, 0.2) is 13.0 Å². The van der Waals surface area contributed by atoms with Crippen LogP contribution in [0.3, 0.4) is 0 Å². The molecule has 1 unspecified atom stereocenters. The molecule has 0 fully saturated rings. The van der Waals surface area contributed by atoms with Gasteiger partial charge in [-0.05, 0) is 26.0 Å². The van der Waals surface area contributed by atoms with Crippen LogP contribution in [0.15, 0.2) is 35.3 Å². The first-order valence-corrected chi connectivity index (χ1v) is 10.4. The Balaban J connectivity index is 1.49. The Morgan fingerprint density at radius 2 is 2.18 bits per heavy atom. The number of carbonyl (C=O) groups excluding carboxylic acids is 2. The number of fused-ring (bicyclic) bond motifs is 1. The van der Waals surface area contributed by atoms with Gasteiger partial charge >= 0.3 is 0 Å². The number of alkyl halides is 2. The second kappa shape index (κ2) is 9.12. The van der Waals surface area contributed by atoms with Crippen molar-refractivity contribution < 1.29 is 27.5 Å². The van der Waals surface area contributed by atoms with Gasteiger partial charge in [0.25, 0.3) is 11.8 Å². The van der Waals surface area contributed by atoms with Gasteiger partial charge in [0.2, 0.25) is 11.8 Å². The number of rotatable bonds is 8. The molecule has 4 rings (SSSR count). The number of oxazole rings is 1. The summed E-state index contributed by atoms with van der Waals surface area (Å²) >= 11 is 0. The number of hydrogen-bond acceptors (Lipinski definition) is 8. The van der Waals surface area contributed by atoms with Crippen LogP contribution in [0.4, 0.5) is 14.6 Å². The van der Waals surface area contributed by atoms with Crippen molar-refractivity contribution in [3.63, 3.8) is 0 Å². The first-order chi connectivity index (χ1) is 16.1. The van der Waals surface area contributed by atoms with E-state index in [1.165, 1.54) is 18.8 Å². The van der Waals surface area contributed by atoms with Crippen LogP contribution in [0.25, 0.3) is 0 Å². The van der Waals surface area contributed by atoms with Crippen molar-refractivity contribution in [2.24, 2.45) is 0 Å². The predicted molar refractivity (Wildman–Crippen MR) is 114 cm³/mol. The van der Waals surface area contributed by atoms with Gasteiger partial charge in [-0.25, -0.2) is 18.7 Å². The number of ether oxygens (including phenoxy) is 1. The average Bonchev–Trinajstić information content (AvgIpc) is 3.40. The van der Waals surface area contributed by atoms with Crippen molar-refractivity contribution in [1.29, 1.82) is 0 Å². The Bertz CT molecular complexity index is 1210. The number of amides is 2. The van der Waals surface area contributed by atoms with Crippen molar-refractivity contribution in [3.05, 3.63) is 59.1 Å². The Morgan fingerprint density at radius 3 is 2.85 bits per heavy atom. The minimum Gasteiger partial charge on any atom is -0.470 e. The number of anilines is 1. The van der Waals surface area contributed by atoms with Crippen LogP contribution in [0.2, 0.25) is 0 Å². The Kier molecular flexibility index (Phi) is 6.22. The van der Waals surface area contributed by atoms with Gasteiger partial charge in [-0.1, -0.05) is 0 Å². The molecule has 1 aliphatic rings. The highest BCUT2D eigenvalue weighted by atomic mass is 19.3. The van der Waals surface area contributed by atoms with Crippen LogP contribution in [0.1, 0.15) is 52.8 Å². The molecule has 0 bridgehead atoms. The van der Waals surface area contributed by atoms with Gasteiger partial charge in [-0.3, -0.25) is 9.59 Å². The number of carbonyl (C=O) groups is 2. The molecule has 0 radical (unpaired) electrons. The third-order valence-corrected chi connectivity index (χ3v) is 5.27. The zero-order valence-corrected chi connectivity index (χ0v) is 18.7. The molecule has 0 aromatic carbocycles. The van der Waals surface area contributed by atoms with Gasteiger partial charge < -0.3 is 19.4 Å². The van der Waals surface area contributed by atoms with Gasteiger partial charge in [-0.15, -0.1) is 10.2 Å². The highest BCUT2D eigenvalue weighted by Crippen LogP contribution is 2.34. The zero-order chi connectivity index (χ0) is 24.5. The summed E-state index contributed by atoms with van der Waals surface area (Å²) in [7, 11) is 0. The van der Waals surface area contributed by atoms with E-state index in [1.807, 2.05) is 0 Å². The quantitative estimate of drug-likeness (QED) is 0.531. The summed E-state index contributed by atoms with van der Waals surface area (Å²) in [5, 5.41) is 10.7. The second-order valence-corrected chi connectivity index (χ2v) is 8.10. The summed E-state index contributed by atoms with van der Waals surface area (Å²) in [6.45, 7) is 3.59. The minimum absolute atomic E-state index is 0.00876. The van der Waals surface area contributed by atoms with Gasteiger partial charge in [0, 0.05) is 29.8 Å². The standard InChI is InChI=1S/C22H22F2N6O4/c1-12-6-17(28-29-20(12)33-10-22(3,23)24)13(2)30-9-16-15(21(30)32)4-5-26-19(16)27-18(31)7-14-8-25-11-34-14/h4-6,8,11,13H,7,9-10H2,1-3H3,(H,26,27,31). The summed E-state index contributed by atoms with van der Waals surface area (Å²) in [5.41, 5.74) is 2.00. The lowest BCUT2D eigenvalue weighted by atomic mass is 10.1. The van der Waals surface area contributed by atoms with E-state index < -0.39 is 18.6 Å². The Morgan fingerprint density at radius 1 is 1.38 bits per heavy atom. The summed E-state index contributed by atoms with van der Waals surface area (Å²) in [6, 6.07) is 2.76. The van der Waals surface area contributed by atoms with Crippen molar-refractivity contribution in [2.45, 2.75) is 45.7 Å². The average molecular weight is 472 g/mol. The molecule has 12 heteroatoms. The molecule has 3 aromatic heterocycles. The first-order valence-electron chi connectivity index (χ1n) is 10.4. The van der Waals surface area contributed by atoms with E-state index in [1.54, 1.807) is 30.9 Å². The maximum Gasteiger partial charge on any atom is 0.278 e. The number of hydrogen-bond donors (Lipinski definition) is 1. The molecule has 1 N–H and O–H groups in total. The maximum absolute atomic E-state index is 13.1. The van der Waals surface area contributed by atoms with E-state index in [4.69, 9.17) is 9.15 Å². The molecule has 2 amide bonds. The van der Waals surface area contributed by atoms with Crippen LogP contribution in [-0.4, -0.2) is 49.4 Å². The Labute approximate surface area is 193 Å². The summed E-state index contributed by atoms with van der Waals surface area (Å²) in [4.78, 5) is 35.0. The van der Waals surface area contributed by atoms with Crippen LogP contribution < -0.4 is 10.1 Å². The largest absolute Gasteiger partial charge is 0.470 e. The maximum atomic E-state index is 13.1. The third-order valence-electron chi connectivity index (χ3n) is 5.27. The SMILES string of the molecule is Cc1cc(C(C)N2Cc3c(ccnc3NC(=O)Cc3cnco3)C2=O)nnc1OCC(C)(F)F. The molecule has 1 atom stereocenters. The first kappa shape index (κ1) is 23.2. The monoisotopic (exact) mass is 472 g/mol. The van der Waals surface area contributed by atoms with E-state index in [9.17, 15) is 18.4 Å². The van der Waals surface area contributed by atoms with E-state index in [2.05, 4.69) is 25.5 Å². The predicted octanol–water partition coefficient (Wildman–Crippen LogP) is 3.10. The molecule has 0 spiro atoms. The zero-order valence-electron chi connectivity index (χ0n) is 18.7. The van der Waals surface area contributed by atoms with Crippen LogP contribution in [0, 0.1) is 6.92 Å². The lowest BCUT2D eigenvalue weighted by molar-refractivity contribution is -0.115. The van der Waals surface area contributed by atoms with Gasteiger partial charge in [-0.2, -0.15) is 0 Å². The molecule has 178 valence electrons. The molecule has 34 heavy (non-hydrogen) atoms. The molecule has 0 saturated carbocycles. The fourth-order valence-electron chi connectivity index (χ4n) is 3.53. The van der Waals surface area contributed by atoms with Crippen molar-refractivity contribution >= 4 is 17.6 Å². The molecular formula is C22H22F2N6O4. The number of halogens is 2. The molecule has 10 nitrogen and oxygen atoms in total. The topological polar surface area (TPSA) is 123 Å². The molecule has 1 aliphatic heterocycles. The summed E-state index contributed by atoms with van der Waals surface area (Å²) < 4.78 is 36.3. The molecule has 4 heterocycles. The summed E-state index contributed by atoms with van der Waals surface area (Å²) in [6.07, 6.45) is 4.12. The fourth-order valence-corrected chi connectivity index (χ4v) is 3.53. The van der Waals surface area contributed by atoms with Gasteiger partial charge in [0.1, 0.15) is 11.6 Å². The van der Waals surface area contributed by atoms with Crippen molar-refractivity contribution in [3.8, 4) is 5.88 Å². The van der Waals surface area contributed by atoms with Crippen LogP contribution in [-0.2, 0) is 17.8 Å². The second-order valence-electron chi connectivity index (χ2n) is 8.10. The van der Waals surface area contributed by atoms with E-state index in [-0.39, 0.29) is 36.5 Å². The van der Waals surface area contributed by atoms with Crippen LogP contribution >= 0.6 is 0 Å². The Hall–Kier alpha value is -3.96. The fraction of sp³-hybridized carbons (Fsp3) is 0.364. The molecule has 0 saturated heterocycles. The number of aryl methyl sites for hydroxylation is 1. The highest BCUT2D eigenvalue weighted by Gasteiger charge is 2.35. The molecule has 0 aliphatic carbocycles. The van der Waals surface area contributed by atoms with E-state index in [0.29, 0.717) is 28.1 Å². The number of pyridine rings is 1. The highest BCUT2D eigenvalue weighted by molar-refractivity contribution is 6.01. The van der Waals surface area contributed by atoms with Gasteiger partial charge in [0.05, 0.1) is 30.9 Å². The number of nitrogens with zero attached hydrogens (tertiary/aromatic N) is 5. The number of nitrogens with one attached hydrogen (secondary N) is 1. The van der Waals surface area contributed by atoms with Crippen molar-refractivity contribution in [2.75, 3.05) is 11.9 Å².